The van der Waals surface area contributed by atoms with E-state index in [2.05, 4.69) is 31.2 Å². The molecule has 3 aromatic rings. The number of aromatic nitrogens is 4. The first-order chi connectivity index (χ1) is 8.25. The van der Waals surface area contributed by atoms with Gasteiger partial charge in [-0.1, -0.05) is 15.9 Å². The Morgan fingerprint density at radius 3 is 2.88 bits per heavy atom. The summed E-state index contributed by atoms with van der Waals surface area (Å²) < 4.78 is 2.60. The van der Waals surface area contributed by atoms with Crippen molar-refractivity contribution in [1.82, 2.24) is 19.8 Å². The van der Waals surface area contributed by atoms with Gasteiger partial charge in [-0.15, -0.1) is 10.2 Å². The molecule has 0 fully saturated rings. The van der Waals surface area contributed by atoms with Gasteiger partial charge >= 0.3 is 0 Å². The van der Waals surface area contributed by atoms with Crippen molar-refractivity contribution in [1.29, 1.82) is 0 Å². The molecule has 5 nitrogen and oxygen atoms in total. The van der Waals surface area contributed by atoms with Crippen LogP contribution in [-0.4, -0.2) is 19.8 Å². The minimum absolute atomic E-state index is 0.638. The molecule has 0 atom stereocenters. The van der Waals surface area contributed by atoms with E-state index in [-0.39, 0.29) is 0 Å². The van der Waals surface area contributed by atoms with E-state index in [1.54, 1.807) is 10.7 Å². The number of hydrogen-bond donors (Lipinski definition) is 1. The molecule has 0 amide bonds. The first-order valence-corrected chi connectivity index (χ1v) is 5.77. The molecule has 0 saturated carbocycles. The molecule has 84 valence electrons. The van der Waals surface area contributed by atoms with E-state index < -0.39 is 0 Å². The highest BCUT2D eigenvalue weighted by molar-refractivity contribution is 9.10. The Morgan fingerprint density at radius 2 is 2.06 bits per heavy atom. The SMILES string of the molecule is Nc1cc(Br)ccc1-c1nnc2cccnn12. The first-order valence-electron chi connectivity index (χ1n) is 4.97. The van der Waals surface area contributed by atoms with Gasteiger partial charge in [-0.2, -0.15) is 9.61 Å². The Kier molecular flexibility index (Phi) is 2.29. The van der Waals surface area contributed by atoms with Gasteiger partial charge in [0, 0.05) is 21.9 Å². The maximum absolute atomic E-state index is 5.96. The monoisotopic (exact) mass is 289 g/mol. The van der Waals surface area contributed by atoms with Crippen LogP contribution in [0, 0.1) is 0 Å². The van der Waals surface area contributed by atoms with Crippen LogP contribution in [0.15, 0.2) is 41.0 Å². The van der Waals surface area contributed by atoms with Crippen LogP contribution in [0.2, 0.25) is 0 Å². The summed E-state index contributed by atoms with van der Waals surface area (Å²) in [7, 11) is 0. The second-order valence-corrected chi connectivity index (χ2v) is 4.46. The standard InChI is InChI=1S/C11H8BrN5/c12-7-3-4-8(9(13)6-7)11-16-15-10-2-1-5-14-17(10)11/h1-6H,13H2. The fourth-order valence-electron chi connectivity index (χ4n) is 1.65. The van der Waals surface area contributed by atoms with Crippen molar-refractivity contribution in [3.05, 3.63) is 41.0 Å². The number of nitrogen functional groups attached to an aromatic ring is 1. The number of rotatable bonds is 1. The van der Waals surface area contributed by atoms with Gasteiger partial charge < -0.3 is 5.73 Å². The molecule has 0 aliphatic carbocycles. The number of nitrogens with two attached hydrogens (primary N) is 1. The zero-order valence-corrected chi connectivity index (χ0v) is 10.3. The van der Waals surface area contributed by atoms with Gasteiger partial charge in [0.25, 0.3) is 0 Å². The number of nitrogens with zero attached hydrogens (tertiary/aromatic N) is 4. The van der Waals surface area contributed by atoms with Gasteiger partial charge in [-0.05, 0) is 30.3 Å². The van der Waals surface area contributed by atoms with Gasteiger partial charge in [0.2, 0.25) is 0 Å². The molecule has 0 aliphatic rings. The van der Waals surface area contributed by atoms with Crippen LogP contribution >= 0.6 is 15.9 Å². The third-order valence-corrected chi connectivity index (χ3v) is 2.93. The van der Waals surface area contributed by atoms with Gasteiger partial charge in [-0.3, -0.25) is 0 Å². The van der Waals surface area contributed by atoms with Crippen LogP contribution in [0.3, 0.4) is 0 Å². The molecule has 0 bridgehead atoms. The normalized spacial score (nSPS) is 10.9. The smallest absolute Gasteiger partial charge is 0.187 e. The Hall–Kier alpha value is -1.95. The average molecular weight is 290 g/mol. The van der Waals surface area contributed by atoms with Crippen molar-refractivity contribution in [2.75, 3.05) is 5.73 Å². The van der Waals surface area contributed by atoms with Crippen molar-refractivity contribution in [3.8, 4) is 11.4 Å². The molecule has 0 unspecified atom stereocenters. The van der Waals surface area contributed by atoms with Gasteiger partial charge in [0.05, 0.1) is 0 Å². The van der Waals surface area contributed by atoms with E-state index in [0.29, 0.717) is 17.2 Å². The molecule has 0 radical (unpaired) electrons. The van der Waals surface area contributed by atoms with E-state index in [9.17, 15) is 0 Å². The quantitative estimate of drug-likeness (QED) is 0.697. The molecule has 0 saturated heterocycles. The van der Waals surface area contributed by atoms with Crippen LogP contribution in [0.1, 0.15) is 0 Å². The minimum atomic E-state index is 0.638. The Labute approximate surface area is 105 Å². The number of fused-ring (bicyclic) bond motifs is 1. The third-order valence-electron chi connectivity index (χ3n) is 2.43. The van der Waals surface area contributed by atoms with E-state index in [1.807, 2.05) is 30.3 Å². The molecule has 0 aliphatic heterocycles. The summed E-state index contributed by atoms with van der Waals surface area (Å²) in [4.78, 5) is 0. The lowest BCUT2D eigenvalue weighted by atomic mass is 10.2. The lowest BCUT2D eigenvalue weighted by molar-refractivity contribution is 0.936. The van der Waals surface area contributed by atoms with Crippen LogP contribution in [0.4, 0.5) is 5.69 Å². The fraction of sp³-hybridized carbons (Fsp3) is 0. The van der Waals surface area contributed by atoms with Crippen LogP contribution in [-0.2, 0) is 0 Å². The molecule has 2 aromatic heterocycles. The predicted octanol–water partition coefficient (Wildman–Crippen LogP) is 2.14. The average Bonchev–Trinajstić information content (AvgIpc) is 2.73. The summed E-state index contributed by atoms with van der Waals surface area (Å²) in [6.45, 7) is 0. The van der Waals surface area contributed by atoms with Crippen molar-refractivity contribution >= 4 is 27.3 Å². The molecule has 2 heterocycles. The van der Waals surface area contributed by atoms with Crippen molar-refractivity contribution in [2.24, 2.45) is 0 Å². The summed E-state index contributed by atoms with van der Waals surface area (Å²) in [6, 6.07) is 9.30. The number of hydrogen-bond acceptors (Lipinski definition) is 4. The lowest BCUT2D eigenvalue weighted by Crippen LogP contribution is -1.97. The van der Waals surface area contributed by atoms with E-state index in [0.717, 1.165) is 10.0 Å². The van der Waals surface area contributed by atoms with E-state index >= 15 is 0 Å². The minimum Gasteiger partial charge on any atom is -0.398 e. The largest absolute Gasteiger partial charge is 0.398 e. The maximum atomic E-state index is 5.96. The summed E-state index contributed by atoms with van der Waals surface area (Å²) in [5.41, 5.74) is 8.12. The van der Waals surface area contributed by atoms with Crippen LogP contribution < -0.4 is 5.73 Å². The first kappa shape index (κ1) is 10.2. The van der Waals surface area contributed by atoms with E-state index in [1.165, 1.54) is 0 Å². The second kappa shape index (κ2) is 3.81. The highest BCUT2D eigenvalue weighted by Gasteiger charge is 2.11. The van der Waals surface area contributed by atoms with Crippen molar-refractivity contribution < 1.29 is 0 Å². The molecule has 6 heteroatoms. The Bertz CT molecular complexity index is 691. The number of anilines is 1. The van der Waals surface area contributed by atoms with Gasteiger partial charge in [0.1, 0.15) is 0 Å². The van der Waals surface area contributed by atoms with Crippen molar-refractivity contribution in [3.63, 3.8) is 0 Å². The molecule has 2 N–H and O–H groups in total. The summed E-state index contributed by atoms with van der Waals surface area (Å²) in [6.07, 6.45) is 1.69. The van der Waals surface area contributed by atoms with E-state index in [4.69, 9.17) is 5.73 Å². The zero-order valence-electron chi connectivity index (χ0n) is 8.71. The maximum Gasteiger partial charge on any atom is 0.187 e. The molecular formula is C11H8BrN5. The topological polar surface area (TPSA) is 69.1 Å². The molecule has 17 heavy (non-hydrogen) atoms. The third kappa shape index (κ3) is 1.66. The Balaban J connectivity index is 2.27. The molecular weight excluding hydrogens is 282 g/mol. The highest BCUT2D eigenvalue weighted by atomic mass is 79.9. The highest BCUT2D eigenvalue weighted by Crippen LogP contribution is 2.26. The molecule has 0 spiro atoms. The van der Waals surface area contributed by atoms with Crippen molar-refractivity contribution in [2.45, 2.75) is 0 Å². The Morgan fingerprint density at radius 1 is 1.18 bits per heavy atom. The van der Waals surface area contributed by atoms with Gasteiger partial charge in [-0.25, -0.2) is 0 Å². The predicted molar refractivity (Wildman–Crippen MR) is 68.3 cm³/mol. The summed E-state index contributed by atoms with van der Waals surface area (Å²) in [5, 5.41) is 12.4. The van der Waals surface area contributed by atoms with Crippen LogP contribution in [0.25, 0.3) is 17.0 Å². The molecule has 1 aromatic carbocycles. The zero-order chi connectivity index (χ0) is 11.8. The number of benzene rings is 1. The summed E-state index contributed by atoms with van der Waals surface area (Å²) >= 11 is 3.37. The fourth-order valence-corrected chi connectivity index (χ4v) is 2.03. The lowest BCUT2D eigenvalue weighted by Gasteiger charge is -2.03. The summed E-state index contributed by atoms with van der Waals surface area (Å²) in [5.74, 6) is 0.644. The second-order valence-electron chi connectivity index (χ2n) is 3.55. The number of halogens is 1. The molecule has 3 rings (SSSR count). The van der Waals surface area contributed by atoms with Gasteiger partial charge in [0.15, 0.2) is 11.5 Å². The van der Waals surface area contributed by atoms with Crippen LogP contribution in [0.5, 0.6) is 0 Å².